The number of carbonyl (C=O) groups is 1. The molecule has 2 saturated heterocycles. The van der Waals surface area contributed by atoms with Crippen LogP contribution >= 0.6 is 22.9 Å². The summed E-state index contributed by atoms with van der Waals surface area (Å²) in [6, 6.07) is 12.2. The number of benzene rings is 1. The van der Waals surface area contributed by atoms with Crippen molar-refractivity contribution in [1.29, 1.82) is 0 Å². The van der Waals surface area contributed by atoms with Crippen LogP contribution in [-0.4, -0.2) is 35.3 Å². The Hall–Kier alpha value is -1.36. The van der Waals surface area contributed by atoms with Gasteiger partial charge >= 0.3 is 0 Å². The van der Waals surface area contributed by atoms with Crippen LogP contribution < -0.4 is 0 Å². The zero-order valence-corrected chi connectivity index (χ0v) is 15.9. The van der Waals surface area contributed by atoms with Crippen LogP contribution in [0.1, 0.15) is 29.7 Å². The molecule has 0 saturated carbocycles. The second-order valence-corrected chi connectivity index (χ2v) is 8.88. The van der Waals surface area contributed by atoms with Crippen molar-refractivity contribution in [3.8, 4) is 0 Å². The van der Waals surface area contributed by atoms with Gasteiger partial charge in [0.05, 0.1) is 0 Å². The second kappa shape index (κ2) is 7.10. The van der Waals surface area contributed by atoms with Gasteiger partial charge in [-0.1, -0.05) is 29.8 Å². The minimum atomic E-state index is 0.190. The lowest BCUT2D eigenvalue weighted by molar-refractivity contribution is -0.128. The van der Waals surface area contributed by atoms with Crippen LogP contribution in [0.5, 0.6) is 0 Å². The fourth-order valence-electron chi connectivity index (χ4n) is 4.08. The maximum Gasteiger partial charge on any atom is 0.223 e. The summed E-state index contributed by atoms with van der Waals surface area (Å²) in [6.07, 6.45) is 2.97. The van der Waals surface area contributed by atoms with E-state index in [4.69, 9.17) is 11.6 Å². The number of hydrogen-bond acceptors (Lipinski definition) is 3. The van der Waals surface area contributed by atoms with Gasteiger partial charge in [0.2, 0.25) is 5.91 Å². The maximum atomic E-state index is 12.5. The highest BCUT2D eigenvalue weighted by Crippen LogP contribution is 2.41. The minimum absolute atomic E-state index is 0.190. The highest BCUT2D eigenvalue weighted by Gasteiger charge is 2.44. The highest BCUT2D eigenvalue weighted by atomic mass is 35.5. The number of piperidine rings is 1. The van der Waals surface area contributed by atoms with Crippen molar-refractivity contribution in [3.63, 3.8) is 0 Å². The van der Waals surface area contributed by atoms with E-state index in [9.17, 15) is 4.79 Å². The zero-order chi connectivity index (χ0) is 17.3. The van der Waals surface area contributed by atoms with Crippen molar-refractivity contribution in [2.24, 2.45) is 5.41 Å². The van der Waals surface area contributed by atoms with Crippen LogP contribution in [0.4, 0.5) is 0 Å². The molecule has 0 N–H and O–H groups in total. The van der Waals surface area contributed by atoms with Gasteiger partial charge in [-0.3, -0.25) is 9.69 Å². The molecule has 3 heterocycles. The summed E-state index contributed by atoms with van der Waals surface area (Å²) in [6.45, 7) is 4.86. The topological polar surface area (TPSA) is 23.6 Å². The maximum absolute atomic E-state index is 12.5. The van der Waals surface area contributed by atoms with Crippen molar-refractivity contribution in [3.05, 3.63) is 57.2 Å². The molecule has 0 aliphatic carbocycles. The Labute approximate surface area is 158 Å². The van der Waals surface area contributed by atoms with Crippen molar-refractivity contribution >= 4 is 28.8 Å². The molecule has 4 rings (SSSR count). The van der Waals surface area contributed by atoms with E-state index < -0.39 is 0 Å². The van der Waals surface area contributed by atoms with Crippen LogP contribution in [0.2, 0.25) is 5.02 Å². The SMILES string of the molecule is O=C1CC2(CCN(Cc3cccs3)CC2)CN1Cc1ccc(Cl)cc1. The molecular formula is C20H23ClN2OS. The Bertz CT molecular complexity index is 721. The van der Waals surface area contributed by atoms with E-state index in [-0.39, 0.29) is 5.41 Å². The molecule has 0 radical (unpaired) electrons. The molecule has 2 aliphatic rings. The van der Waals surface area contributed by atoms with E-state index in [0.29, 0.717) is 18.9 Å². The molecular weight excluding hydrogens is 352 g/mol. The van der Waals surface area contributed by atoms with Gasteiger partial charge in [0.25, 0.3) is 0 Å². The number of thiophene rings is 1. The average Bonchev–Trinajstić information content (AvgIpc) is 3.21. The minimum Gasteiger partial charge on any atom is -0.338 e. The number of rotatable bonds is 4. The molecule has 2 aromatic rings. The van der Waals surface area contributed by atoms with Crippen molar-refractivity contribution < 1.29 is 4.79 Å². The second-order valence-electron chi connectivity index (χ2n) is 7.41. The lowest BCUT2D eigenvalue weighted by Gasteiger charge is -2.38. The molecule has 1 spiro atoms. The van der Waals surface area contributed by atoms with E-state index in [1.54, 1.807) is 0 Å². The van der Waals surface area contributed by atoms with E-state index in [2.05, 4.69) is 22.4 Å². The number of carbonyl (C=O) groups excluding carboxylic acids is 1. The third-order valence-electron chi connectivity index (χ3n) is 5.57. The molecule has 5 heteroatoms. The smallest absolute Gasteiger partial charge is 0.223 e. The predicted molar refractivity (Wildman–Crippen MR) is 103 cm³/mol. The Balaban J connectivity index is 1.34. The van der Waals surface area contributed by atoms with Gasteiger partial charge in [-0.15, -0.1) is 11.3 Å². The molecule has 1 aromatic carbocycles. The first-order chi connectivity index (χ1) is 12.1. The van der Waals surface area contributed by atoms with E-state index in [1.807, 2.05) is 40.5 Å². The van der Waals surface area contributed by atoms with Gasteiger partial charge in [-0.2, -0.15) is 0 Å². The molecule has 0 atom stereocenters. The number of halogens is 1. The third-order valence-corrected chi connectivity index (χ3v) is 6.68. The Morgan fingerprint density at radius 2 is 1.84 bits per heavy atom. The van der Waals surface area contributed by atoms with E-state index >= 15 is 0 Å². The Morgan fingerprint density at radius 3 is 2.52 bits per heavy atom. The Kier molecular flexibility index (Phi) is 4.85. The molecule has 0 bridgehead atoms. The summed E-state index contributed by atoms with van der Waals surface area (Å²) < 4.78 is 0. The number of hydrogen-bond donors (Lipinski definition) is 0. The van der Waals surface area contributed by atoms with Gasteiger partial charge in [0.1, 0.15) is 0 Å². The summed E-state index contributed by atoms with van der Waals surface area (Å²) in [5.41, 5.74) is 1.35. The molecule has 1 amide bonds. The first-order valence-electron chi connectivity index (χ1n) is 8.89. The number of likely N-dealkylation sites (tertiary alicyclic amines) is 2. The molecule has 3 nitrogen and oxygen atoms in total. The van der Waals surface area contributed by atoms with Crippen LogP contribution in [-0.2, 0) is 17.9 Å². The van der Waals surface area contributed by atoms with Gasteiger partial charge < -0.3 is 4.90 Å². The van der Waals surface area contributed by atoms with Gasteiger partial charge in [-0.25, -0.2) is 0 Å². The van der Waals surface area contributed by atoms with Crippen molar-refractivity contribution in [2.75, 3.05) is 19.6 Å². The summed E-state index contributed by atoms with van der Waals surface area (Å²) in [5.74, 6) is 0.307. The van der Waals surface area contributed by atoms with Gasteiger partial charge in [-0.05, 0) is 60.5 Å². The molecule has 1 aromatic heterocycles. The fourth-order valence-corrected chi connectivity index (χ4v) is 4.95. The van der Waals surface area contributed by atoms with Gasteiger partial charge in [0.15, 0.2) is 0 Å². The van der Waals surface area contributed by atoms with Crippen LogP contribution in [0, 0.1) is 5.41 Å². The van der Waals surface area contributed by atoms with Crippen molar-refractivity contribution in [1.82, 2.24) is 9.80 Å². The number of amides is 1. The summed E-state index contributed by atoms with van der Waals surface area (Å²) >= 11 is 7.78. The number of nitrogens with zero attached hydrogens (tertiary/aromatic N) is 2. The molecule has 0 unspecified atom stereocenters. The van der Waals surface area contributed by atoms with Crippen molar-refractivity contribution in [2.45, 2.75) is 32.4 Å². The van der Waals surface area contributed by atoms with E-state index in [1.165, 1.54) is 4.88 Å². The molecule has 132 valence electrons. The van der Waals surface area contributed by atoms with E-state index in [0.717, 1.165) is 49.6 Å². The lowest BCUT2D eigenvalue weighted by Crippen LogP contribution is -2.41. The largest absolute Gasteiger partial charge is 0.338 e. The highest BCUT2D eigenvalue weighted by molar-refractivity contribution is 7.09. The molecule has 2 aliphatic heterocycles. The normalized spacial score (nSPS) is 20.5. The zero-order valence-electron chi connectivity index (χ0n) is 14.3. The predicted octanol–water partition coefficient (Wildman–Crippen LogP) is 4.42. The Morgan fingerprint density at radius 1 is 1.08 bits per heavy atom. The standard InChI is InChI=1S/C20H23ClN2OS/c21-17-5-3-16(4-6-17)13-23-15-20(12-19(23)24)7-9-22(10-8-20)14-18-2-1-11-25-18/h1-6,11H,7-10,12-15H2. The van der Waals surface area contributed by atoms with Gasteiger partial charge in [0, 0.05) is 36.0 Å². The van der Waals surface area contributed by atoms with Crippen LogP contribution in [0.25, 0.3) is 0 Å². The first-order valence-corrected chi connectivity index (χ1v) is 10.1. The van der Waals surface area contributed by atoms with Crippen LogP contribution in [0.3, 0.4) is 0 Å². The lowest BCUT2D eigenvalue weighted by atomic mass is 9.77. The fraction of sp³-hybridized carbons (Fsp3) is 0.450. The molecule has 2 fully saturated rings. The summed E-state index contributed by atoms with van der Waals surface area (Å²) in [5, 5.41) is 2.89. The average molecular weight is 375 g/mol. The third kappa shape index (κ3) is 3.91. The summed E-state index contributed by atoms with van der Waals surface area (Å²) in [7, 11) is 0. The first kappa shape index (κ1) is 17.1. The molecule has 25 heavy (non-hydrogen) atoms. The summed E-state index contributed by atoms with van der Waals surface area (Å²) in [4.78, 5) is 18.5. The monoisotopic (exact) mass is 374 g/mol. The quantitative estimate of drug-likeness (QED) is 0.791. The van der Waals surface area contributed by atoms with Crippen LogP contribution in [0.15, 0.2) is 41.8 Å².